The number of hydrogen-bond donors (Lipinski definition) is 1. The normalized spacial score (nSPS) is 20.6. The average Bonchev–Trinajstić information content (AvgIpc) is 2.64. The molecule has 3 rings (SSSR count). The predicted molar refractivity (Wildman–Crippen MR) is 102 cm³/mol. The lowest BCUT2D eigenvalue weighted by molar-refractivity contribution is 0.0600. The molecule has 2 heterocycles. The molecule has 0 aliphatic carbocycles. The second-order valence-electron chi connectivity index (χ2n) is 6.97. The first-order valence-electron chi connectivity index (χ1n) is 8.76. The molecule has 2 atom stereocenters. The summed E-state index contributed by atoms with van der Waals surface area (Å²) in [5, 5.41) is 3.49. The maximum absolute atomic E-state index is 11.8. The second kappa shape index (κ2) is 7.74. The summed E-state index contributed by atoms with van der Waals surface area (Å²) in [6, 6.07) is 11.5. The molecule has 1 aliphatic rings. The lowest BCUT2D eigenvalue weighted by Crippen LogP contribution is -2.43. The SMILES string of the molecule is COC(=O)c1ccc([C@H]2C[C@@H](Nc3ccn(C)c(=O)c3)CN(C)C2)cc1. The van der Waals surface area contributed by atoms with E-state index in [1.807, 2.05) is 30.3 Å². The quantitative estimate of drug-likeness (QED) is 0.851. The van der Waals surface area contributed by atoms with E-state index in [0.29, 0.717) is 11.5 Å². The van der Waals surface area contributed by atoms with E-state index in [4.69, 9.17) is 4.74 Å². The van der Waals surface area contributed by atoms with Crippen molar-refractivity contribution in [3.05, 3.63) is 64.1 Å². The molecular formula is C20H25N3O3. The van der Waals surface area contributed by atoms with Crippen molar-refractivity contribution in [2.24, 2.45) is 7.05 Å². The summed E-state index contributed by atoms with van der Waals surface area (Å²) < 4.78 is 6.32. The van der Waals surface area contributed by atoms with E-state index in [1.165, 1.54) is 12.7 Å². The maximum Gasteiger partial charge on any atom is 0.337 e. The van der Waals surface area contributed by atoms with Gasteiger partial charge in [-0.05, 0) is 43.1 Å². The molecule has 1 aliphatic heterocycles. The Hall–Kier alpha value is -2.60. The highest BCUT2D eigenvalue weighted by Crippen LogP contribution is 2.28. The zero-order chi connectivity index (χ0) is 18.7. The van der Waals surface area contributed by atoms with Crippen LogP contribution in [0.15, 0.2) is 47.4 Å². The number of methoxy groups -OCH3 is 1. The molecule has 1 aromatic heterocycles. The summed E-state index contributed by atoms with van der Waals surface area (Å²) in [5.74, 6) is 0.0482. The molecule has 0 unspecified atom stereocenters. The number of likely N-dealkylation sites (tertiary alicyclic amines) is 1. The number of esters is 1. The van der Waals surface area contributed by atoms with E-state index in [-0.39, 0.29) is 17.6 Å². The standard InChI is InChI=1S/C20H25N3O3/c1-22-12-16(14-4-6-15(7-5-14)20(25)26-3)10-18(13-22)21-17-8-9-23(2)19(24)11-17/h4-9,11,16,18,21H,10,12-13H2,1-3H3/t16-,18+/m0/s1. The zero-order valence-electron chi connectivity index (χ0n) is 15.4. The third-order valence-corrected chi connectivity index (χ3v) is 4.91. The fraction of sp³-hybridized carbons (Fsp3) is 0.400. The first-order valence-corrected chi connectivity index (χ1v) is 8.76. The van der Waals surface area contributed by atoms with Crippen molar-refractivity contribution in [2.75, 3.05) is 32.6 Å². The van der Waals surface area contributed by atoms with Crippen LogP contribution in [0.5, 0.6) is 0 Å². The van der Waals surface area contributed by atoms with Gasteiger partial charge in [0.1, 0.15) is 0 Å². The van der Waals surface area contributed by atoms with Gasteiger partial charge in [-0.25, -0.2) is 4.79 Å². The average molecular weight is 355 g/mol. The Morgan fingerprint density at radius 1 is 1.15 bits per heavy atom. The number of rotatable bonds is 4. The molecule has 1 fully saturated rings. The molecule has 1 saturated heterocycles. The number of pyridine rings is 1. The number of piperidine rings is 1. The number of aromatic nitrogens is 1. The molecular weight excluding hydrogens is 330 g/mol. The monoisotopic (exact) mass is 355 g/mol. The molecule has 0 radical (unpaired) electrons. The molecule has 138 valence electrons. The molecule has 26 heavy (non-hydrogen) atoms. The van der Waals surface area contributed by atoms with E-state index in [1.54, 1.807) is 23.9 Å². The van der Waals surface area contributed by atoms with Crippen molar-refractivity contribution in [1.29, 1.82) is 0 Å². The van der Waals surface area contributed by atoms with E-state index in [0.717, 1.165) is 25.2 Å². The number of carbonyl (C=O) groups excluding carboxylic acids is 1. The first kappa shape index (κ1) is 18.2. The molecule has 6 heteroatoms. The summed E-state index contributed by atoms with van der Waals surface area (Å²) in [4.78, 5) is 25.7. The van der Waals surface area contributed by atoms with Gasteiger partial charge >= 0.3 is 5.97 Å². The summed E-state index contributed by atoms with van der Waals surface area (Å²) in [6.07, 6.45) is 2.75. The lowest BCUT2D eigenvalue weighted by atomic mass is 9.87. The minimum atomic E-state index is -0.317. The van der Waals surface area contributed by atoms with Gasteiger partial charge in [-0.1, -0.05) is 12.1 Å². The van der Waals surface area contributed by atoms with Gasteiger partial charge in [0, 0.05) is 44.1 Å². The van der Waals surface area contributed by atoms with Crippen molar-refractivity contribution in [1.82, 2.24) is 9.47 Å². The topological polar surface area (TPSA) is 63.6 Å². The third kappa shape index (κ3) is 4.14. The number of likely N-dealkylation sites (N-methyl/N-ethyl adjacent to an activating group) is 1. The molecule has 1 N–H and O–H groups in total. The van der Waals surface area contributed by atoms with Gasteiger partial charge in [-0.15, -0.1) is 0 Å². The number of hydrogen-bond acceptors (Lipinski definition) is 5. The second-order valence-corrected chi connectivity index (χ2v) is 6.97. The summed E-state index contributed by atoms with van der Waals surface area (Å²) in [6.45, 7) is 1.89. The fourth-order valence-electron chi connectivity index (χ4n) is 3.55. The molecule has 0 bridgehead atoms. The van der Waals surface area contributed by atoms with Gasteiger partial charge in [0.05, 0.1) is 12.7 Å². The highest BCUT2D eigenvalue weighted by Gasteiger charge is 2.26. The smallest absolute Gasteiger partial charge is 0.337 e. The van der Waals surface area contributed by atoms with Crippen LogP contribution in [0.1, 0.15) is 28.3 Å². The largest absolute Gasteiger partial charge is 0.465 e. The van der Waals surface area contributed by atoms with E-state index < -0.39 is 0 Å². The minimum Gasteiger partial charge on any atom is -0.465 e. The Kier molecular flexibility index (Phi) is 5.42. The lowest BCUT2D eigenvalue weighted by Gasteiger charge is -2.36. The van der Waals surface area contributed by atoms with E-state index >= 15 is 0 Å². The van der Waals surface area contributed by atoms with Crippen LogP contribution in [-0.2, 0) is 11.8 Å². The predicted octanol–water partition coefficient (Wildman–Crippen LogP) is 2.07. The highest BCUT2D eigenvalue weighted by molar-refractivity contribution is 5.89. The Labute approximate surface area is 153 Å². The third-order valence-electron chi connectivity index (χ3n) is 4.91. The van der Waals surface area contributed by atoms with Crippen molar-refractivity contribution in [3.8, 4) is 0 Å². The van der Waals surface area contributed by atoms with Gasteiger partial charge in [0.25, 0.3) is 5.56 Å². The fourth-order valence-corrected chi connectivity index (χ4v) is 3.55. The molecule has 1 aromatic carbocycles. The van der Waals surface area contributed by atoms with Crippen molar-refractivity contribution in [2.45, 2.75) is 18.4 Å². The van der Waals surface area contributed by atoms with Crippen LogP contribution in [0.3, 0.4) is 0 Å². The van der Waals surface area contributed by atoms with Gasteiger partial charge in [0.2, 0.25) is 0 Å². The van der Waals surface area contributed by atoms with Crippen LogP contribution in [0.2, 0.25) is 0 Å². The van der Waals surface area contributed by atoms with Gasteiger partial charge in [-0.3, -0.25) is 4.79 Å². The number of nitrogens with one attached hydrogen (secondary N) is 1. The van der Waals surface area contributed by atoms with E-state index in [9.17, 15) is 9.59 Å². The van der Waals surface area contributed by atoms with Crippen LogP contribution in [0.4, 0.5) is 5.69 Å². The van der Waals surface area contributed by atoms with Crippen LogP contribution < -0.4 is 10.9 Å². The van der Waals surface area contributed by atoms with Gasteiger partial charge in [0.15, 0.2) is 0 Å². The Balaban J connectivity index is 1.72. The van der Waals surface area contributed by atoms with Crippen LogP contribution in [0, 0.1) is 0 Å². The summed E-state index contributed by atoms with van der Waals surface area (Å²) in [7, 11) is 5.24. The molecule has 6 nitrogen and oxygen atoms in total. The number of aryl methyl sites for hydroxylation is 1. The number of benzene rings is 1. The first-order chi connectivity index (χ1) is 12.5. The van der Waals surface area contributed by atoms with Crippen LogP contribution >= 0.6 is 0 Å². The minimum absolute atomic E-state index is 0.0193. The van der Waals surface area contributed by atoms with Crippen molar-refractivity contribution in [3.63, 3.8) is 0 Å². The number of ether oxygens (including phenoxy) is 1. The summed E-state index contributed by atoms with van der Waals surface area (Å²) >= 11 is 0. The molecule has 0 saturated carbocycles. The van der Waals surface area contributed by atoms with Crippen molar-refractivity contribution >= 4 is 11.7 Å². The summed E-state index contributed by atoms with van der Waals surface area (Å²) in [5.41, 5.74) is 2.61. The number of carbonyl (C=O) groups is 1. The molecule has 0 spiro atoms. The Morgan fingerprint density at radius 3 is 2.54 bits per heavy atom. The molecule has 2 aromatic rings. The maximum atomic E-state index is 11.8. The van der Waals surface area contributed by atoms with Gasteiger partial charge < -0.3 is 19.5 Å². The van der Waals surface area contributed by atoms with Crippen molar-refractivity contribution < 1.29 is 9.53 Å². The number of nitrogens with zero attached hydrogens (tertiary/aromatic N) is 2. The van der Waals surface area contributed by atoms with Gasteiger partial charge in [-0.2, -0.15) is 0 Å². The molecule has 0 amide bonds. The zero-order valence-corrected chi connectivity index (χ0v) is 15.4. The number of anilines is 1. The highest BCUT2D eigenvalue weighted by atomic mass is 16.5. The Morgan fingerprint density at radius 2 is 1.88 bits per heavy atom. The Bertz CT molecular complexity index is 829. The van der Waals surface area contributed by atoms with E-state index in [2.05, 4.69) is 17.3 Å². The van der Waals surface area contributed by atoms with Crippen LogP contribution in [-0.4, -0.2) is 48.7 Å². The van der Waals surface area contributed by atoms with Crippen LogP contribution in [0.25, 0.3) is 0 Å².